The summed E-state index contributed by atoms with van der Waals surface area (Å²) < 4.78 is 0. The monoisotopic (exact) mass is 237 g/mol. The third-order valence-electron chi connectivity index (χ3n) is 2.47. The molecule has 0 aliphatic carbocycles. The van der Waals surface area contributed by atoms with Gasteiger partial charge in [-0.15, -0.1) is 0 Å². The Morgan fingerprint density at radius 3 is 2.65 bits per heavy atom. The number of hydrogen-bond donors (Lipinski definition) is 1. The molecule has 0 saturated heterocycles. The van der Waals surface area contributed by atoms with Crippen molar-refractivity contribution < 1.29 is 14.7 Å². The highest BCUT2D eigenvalue weighted by Gasteiger charge is 2.23. The average molecular weight is 237 g/mol. The zero-order valence-electron chi connectivity index (χ0n) is 9.83. The van der Waals surface area contributed by atoms with Crippen LogP contribution in [-0.2, 0) is 4.79 Å². The van der Waals surface area contributed by atoms with Crippen LogP contribution in [0.2, 0.25) is 0 Å². The fourth-order valence-corrected chi connectivity index (χ4v) is 1.35. The zero-order valence-corrected chi connectivity index (χ0v) is 9.83. The van der Waals surface area contributed by atoms with Crippen LogP contribution in [0.4, 0.5) is 0 Å². The molecule has 0 fully saturated rings. The van der Waals surface area contributed by atoms with E-state index in [-0.39, 0.29) is 18.3 Å². The predicted octanol–water partition coefficient (Wildman–Crippen LogP) is 0.802. The minimum absolute atomic E-state index is 0.152. The van der Waals surface area contributed by atoms with Gasteiger partial charge in [-0.05, 0) is 13.3 Å². The van der Waals surface area contributed by atoms with E-state index in [0.717, 1.165) is 0 Å². The van der Waals surface area contributed by atoms with Crippen molar-refractivity contribution in [1.82, 2.24) is 14.9 Å². The number of aliphatic carboxylic acids is 1. The van der Waals surface area contributed by atoms with Gasteiger partial charge in [-0.25, -0.2) is 4.98 Å². The van der Waals surface area contributed by atoms with E-state index in [1.807, 2.05) is 6.92 Å². The molecule has 1 N–H and O–H groups in total. The summed E-state index contributed by atoms with van der Waals surface area (Å²) in [5, 5.41) is 8.79. The Balaban J connectivity index is 2.90. The van der Waals surface area contributed by atoms with Gasteiger partial charge in [0.1, 0.15) is 12.2 Å². The van der Waals surface area contributed by atoms with E-state index in [9.17, 15) is 9.59 Å². The number of aromatic nitrogens is 2. The summed E-state index contributed by atoms with van der Waals surface area (Å²) in [5.41, 5.74) is 0.161. The van der Waals surface area contributed by atoms with Crippen molar-refractivity contribution in [3.63, 3.8) is 0 Å². The van der Waals surface area contributed by atoms with E-state index in [1.54, 1.807) is 6.92 Å². The van der Waals surface area contributed by atoms with Crippen molar-refractivity contribution in [2.45, 2.75) is 26.3 Å². The zero-order chi connectivity index (χ0) is 12.8. The molecule has 0 aliphatic heterocycles. The first-order valence-corrected chi connectivity index (χ1v) is 5.35. The quantitative estimate of drug-likeness (QED) is 0.819. The van der Waals surface area contributed by atoms with Crippen LogP contribution in [0.5, 0.6) is 0 Å². The van der Waals surface area contributed by atoms with Crippen LogP contribution in [0.15, 0.2) is 18.6 Å². The van der Waals surface area contributed by atoms with Gasteiger partial charge in [0.05, 0.1) is 6.20 Å². The van der Waals surface area contributed by atoms with Gasteiger partial charge in [-0.1, -0.05) is 6.92 Å². The lowest BCUT2D eigenvalue weighted by Crippen LogP contribution is -2.42. The molecule has 0 bridgehead atoms. The first-order valence-electron chi connectivity index (χ1n) is 5.35. The maximum atomic E-state index is 12.0. The van der Waals surface area contributed by atoms with Crippen LogP contribution in [0.25, 0.3) is 0 Å². The molecule has 0 saturated carbocycles. The van der Waals surface area contributed by atoms with Gasteiger partial charge < -0.3 is 10.0 Å². The van der Waals surface area contributed by atoms with E-state index >= 15 is 0 Å². The normalized spacial score (nSPS) is 11.9. The molecule has 0 radical (unpaired) electrons. The summed E-state index contributed by atoms with van der Waals surface area (Å²) in [4.78, 5) is 31.7. The molecule has 0 aliphatic rings. The molecule has 1 aromatic heterocycles. The second kappa shape index (κ2) is 5.93. The fourth-order valence-electron chi connectivity index (χ4n) is 1.35. The molecule has 1 heterocycles. The molecule has 1 aromatic rings. The molecule has 6 heteroatoms. The van der Waals surface area contributed by atoms with Crippen molar-refractivity contribution in [3.05, 3.63) is 24.3 Å². The molecular formula is C11H15N3O3. The van der Waals surface area contributed by atoms with Crippen molar-refractivity contribution in [3.8, 4) is 0 Å². The number of nitrogens with zero attached hydrogens (tertiary/aromatic N) is 3. The predicted molar refractivity (Wildman–Crippen MR) is 60.5 cm³/mol. The highest BCUT2D eigenvalue weighted by molar-refractivity contribution is 5.94. The van der Waals surface area contributed by atoms with E-state index < -0.39 is 11.9 Å². The van der Waals surface area contributed by atoms with Gasteiger partial charge in [-0.3, -0.25) is 14.6 Å². The number of carbonyl (C=O) groups is 2. The van der Waals surface area contributed by atoms with Gasteiger partial charge in [0.2, 0.25) is 0 Å². The second-order valence-electron chi connectivity index (χ2n) is 3.67. The number of carboxylic acids is 1. The lowest BCUT2D eigenvalue weighted by molar-refractivity contribution is -0.138. The van der Waals surface area contributed by atoms with Crippen LogP contribution >= 0.6 is 0 Å². The number of amides is 1. The van der Waals surface area contributed by atoms with Gasteiger partial charge in [0.15, 0.2) is 0 Å². The standard InChI is InChI=1S/C11H15N3O3/c1-3-8(2)14(7-10(15)16)11(17)9-6-12-4-5-13-9/h4-6,8H,3,7H2,1-2H3,(H,15,16)/t8-/m0/s1. The summed E-state index contributed by atoms with van der Waals surface area (Å²) in [6.45, 7) is 3.37. The van der Waals surface area contributed by atoms with Crippen molar-refractivity contribution in [2.75, 3.05) is 6.54 Å². The van der Waals surface area contributed by atoms with Crippen LogP contribution in [0, 0.1) is 0 Å². The molecule has 1 atom stereocenters. The molecule has 0 unspecified atom stereocenters. The molecule has 92 valence electrons. The van der Waals surface area contributed by atoms with E-state index in [4.69, 9.17) is 5.11 Å². The number of carboxylic acid groups (broad SMARTS) is 1. The number of carbonyl (C=O) groups excluding carboxylic acids is 1. The Labute approximate surface area is 99.3 Å². The Morgan fingerprint density at radius 1 is 1.47 bits per heavy atom. The minimum atomic E-state index is -1.04. The molecule has 0 spiro atoms. The lowest BCUT2D eigenvalue weighted by Gasteiger charge is -2.26. The number of hydrogen-bond acceptors (Lipinski definition) is 4. The first-order chi connectivity index (χ1) is 8.06. The summed E-state index contributed by atoms with van der Waals surface area (Å²) in [7, 11) is 0. The maximum Gasteiger partial charge on any atom is 0.323 e. The largest absolute Gasteiger partial charge is 0.480 e. The third kappa shape index (κ3) is 3.51. The lowest BCUT2D eigenvalue weighted by atomic mass is 10.2. The van der Waals surface area contributed by atoms with Crippen LogP contribution in [0.3, 0.4) is 0 Å². The van der Waals surface area contributed by atoms with Gasteiger partial charge in [-0.2, -0.15) is 0 Å². The Morgan fingerprint density at radius 2 is 2.18 bits per heavy atom. The smallest absolute Gasteiger partial charge is 0.323 e. The van der Waals surface area contributed by atoms with Crippen LogP contribution in [0.1, 0.15) is 30.8 Å². The summed E-state index contributed by atoms with van der Waals surface area (Å²) >= 11 is 0. The highest BCUT2D eigenvalue weighted by atomic mass is 16.4. The maximum absolute atomic E-state index is 12.0. The average Bonchev–Trinajstić information content (AvgIpc) is 2.35. The molecule has 17 heavy (non-hydrogen) atoms. The minimum Gasteiger partial charge on any atom is -0.480 e. The number of rotatable bonds is 5. The van der Waals surface area contributed by atoms with Crippen LogP contribution < -0.4 is 0 Å². The first kappa shape index (κ1) is 13.1. The third-order valence-corrected chi connectivity index (χ3v) is 2.47. The molecule has 6 nitrogen and oxygen atoms in total. The Bertz CT molecular complexity index is 394. The van der Waals surface area contributed by atoms with E-state index in [0.29, 0.717) is 6.42 Å². The second-order valence-corrected chi connectivity index (χ2v) is 3.67. The van der Waals surface area contributed by atoms with Crippen molar-refractivity contribution in [2.24, 2.45) is 0 Å². The van der Waals surface area contributed by atoms with Gasteiger partial charge >= 0.3 is 5.97 Å². The highest BCUT2D eigenvalue weighted by Crippen LogP contribution is 2.08. The fraction of sp³-hybridized carbons (Fsp3) is 0.455. The van der Waals surface area contributed by atoms with E-state index in [2.05, 4.69) is 9.97 Å². The van der Waals surface area contributed by atoms with Gasteiger partial charge in [0, 0.05) is 18.4 Å². The molecule has 1 rings (SSSR count). The Kier molecular flexibility index (Phi) is 4.56. The van der Waals surface area contributed by atoms with Crippen molar-refractivity contribution >= 4 is 11.9 Å². The topological polar surface area (TPSA) is 83.4 Å². The molecular weight excluding hydrogens is 222 g/mol. The summed E-state index contributed by atoms with van der Waals surface area (Å²) in [6, 6.07) is -0.152. The Hall–Kier alpha value is -1.98. The van der Waals surface area contributed by atoms with E-state index in [1.165, 1.54) is 23.5 Å². The van der Waals surface area contributed by atoms with Gasteiger partial charge in [0.25, 0.3) is 5.91 Å². The molecule has 1 amide bonds. The SMILES string of the molecule is CC[C@H](C)N(CC(=O)O)C(=O)c1cnccn1. The van der Waals surface area contributed by atoms with Crippen LogP contribution in [-0.4, -0.2) is 44.4 Å². The van der Waals surface area contributed by atoms with Crippen molar-refractivity contribution in [1.29, 1.82) is 0 Å². The molecule has 0 aromatic carbocycles. The summed E-state index contributed by atoms with van der Waals surface area (Å²) in [5.74, 6) is -1.45. The summed E-state index contributed by atoms with van der Waals surface area (Å²) in [6.07, 6.45) is 4.88.